The van der Waals surface area contributed by atoms with E-state index < -0.39 is 0 Å². The van der Waals surface area contributed by atoms with E-state index in [1.54, 1.807) is 4.90 Å². The van der Waals surface area contributed by atoms with Gasteiger partial charge in [0.05, 0.1) is 11.8 Å². The average Bonchev–Trinajstić information content (AvgIpc) is 2.53. The molecule has 1 aliphatic carbocycles. The highest BCUT2D eigenvalue weighted by Crippen LogP contribution is 2.41. The zero-order valence-corrected chi connectivity index (χ0v) is 10.5. The molecule has 3 heteroatoms. The van der Waals surface area contributed by atoms with Gasteiger partial charge in [-0.05, 0) is 33.1 Å². The van der Waals surface area contributed by atoms with Gasteiger partial charge < -0.3 is 0 Å². The third-order valence-electron chi connectivity index (χ3n) is 4.31. The van der Waals surface area contributed by atoms with E-state index >= 15 is 0 Å². The predicted octanol–water partition coefficient (Wildman–Crippen LogP) is 2.35. The lowest BCUT2D eigenvalue weighted by molar-refractivity contribution is -0.146. The first-order chi connectivity index (χ1) is 7.49. The van der Waals surface area contributed by atoms with Crippen molar-refractivity contribution in [2.75, 3.05) is 0 Å². The minimum Gasteiger partial charge on any atom is -0.276 e. The summed E-state index contributed by atoms with van der Waals surface area (Å²) in [4.78, 5) is 26.1. The minimum absolute atomic E-state index is 0.00734. The fourth-order valence-corrected chi connectivity index (χ4v) is 2.92. The number of imide groups is 1. The van der Waals surface area contributed by atoms with Gasteiger partial charge in [0.25, 0.3) is 0 Å². The van der Waals surface area contributed by atoms with Crippen molar-refractivity contribution in [1.82, 2.24) is 4.90 Å². The van der Waals surface area contributed by atoms with Gasteiger partial charge in [-0.1, -0.05) is 19.8 Å². The van der Waals surface area contributed by atoms with Gasteiger partial charge in [0, 0.05) is 5.54 Å². The van der Waals surface area contributed by atoms with Gasteiger partial charge in [0.2, 0.25) is 11.8 Å². The van der Waals surface area contributed by atoms with Crippen LogP contribution in [0.15, 0.2) is 0 Å². The lowest BCUT2D eigenvalue weighted by Gasteiger charge is -2.33. The van der Waals surface area contributed by atoms with Gasteiger partial charge in [-0.25, -0.2) is 0 Å². The maximum absolute atomic E-state index is 12.3. The SMILES string of the molecule is CCC(C)(C)N1C(=O)C2CCCCC2C1=O. The zero-order chi connectivity index (χ0) is 11.9. The molecule has 0 bridgehead atoms. The van der Waals surface area contributed by atoms with Crippen molar-refractivity contribution in [2.45, 2.75) is 58.4 Å². The number of carbonyl (C=O) groups excluding carboxylic acids is 2. The Bertz CT molecular complexity index is 298. The van der Waals surface area contributed by atoms with E-state index in [0.717, 1.165) is 32.1 Å². The monoisotopic (exact) mass is 223 g/mol. The quantitative estimate of drug-likeness (QED) is 0.674. The third kappa shape index (κ3) is 1.57. The lowest BCUT2D eigenvalue weighted by Crippen LogP contribution is -2.47. The average molecular weight is 223 g/mol. The first kappa shape index (κ1) is 11.6. The molecular weight excluding hydrogens is 202 g/mol. The standard InChI is InChI=1S/C13H21NO2/c1-4-13(2,3)14-11(15)9-7-5-6-8-10(9)12(14)16/h9-10H,4-8H2,1-3H3. The van der Waals surface area contributed by atoms with Crippen molar-refractivity contribution < 1.29 is 9.59 Å². The lowest BCUT2D eigenvalue weighted by atomic mass is 9.81. The molecule has 0 aromatic rings. The Morgan fingerprint density at radius 2 is 1.56 bits per heavy atom. The van der Waals surface area contributed by atoms with Crippen LogP contribution < -0.4 is 0 Å². The van der Waals surface area contributed by atoms with E-state index in [1.807, 2.05) is 20.8 Å². The Morgan fingerprint density at radius 3 is 1.94 bits per heavy atom. The van der Waals surface area contributed by atoms with Crippen molar-refractivity contribution >= 4 is 11.8 Å². The molecule has 1 heterocycles. The smallest absolute Gasteiger partial charge is 0.233 e. The van der Waals surface area contributed by atoms with Crippen molar-refractivity contribution in [1.29, 1.82) is 0 Å². The Morgan fingerprint density at radius 1 is 1.12 bits per heavy atom. The molecule has 3 nitrogen and oxygen atoms in total. The topological polar surface area (TPSA) is 37.4 Å². The summed E-state index contributed by atoms with van der Waals surface area (Å²) in [5.74, 6) is 0.155. The molecule has 1 saturated carbocycles. The van der Waals surface area contributed by atoms with Crippen LogP contribution >= 0.6 is 0 Å². The van der Waals surface area contributed by atoms with Crippen LogP contribution in [0.4, 0.5) is 0 Å². The Kier molecular flexibility index (Phi) is 2.81. The first-order valence-electron chi connectivity index (χ1n) is 6.37. The summed E-state index contributed by atoms with van der Waals surface area (Å²) in [6.45, 7) is 6.00. The highest BCUT2D eigenvalue weighted by atomic mass is 16.2. The molecule has 2 aliphatic rings. The molecule has 90 valence electrons. The molecule has 0 N–H and O–H groups in total. The molecule has 0 spiro atoms. The predicted molar refractivity (Wildman–Crippen MR) is 61.7 cm³/mol. The van der Waals surface area contributed by atoms with Gasteiger partial charge in [0.1, 0.15) is 0 Å². The summed E-state index contributed by atoms with van der Waals surface area (Å²) < 4.78 is 0. The van der Waals surface area contributed by atoms with E-state index in [9.17, 15) is 9.59 Å². The number of hydrogen-bond acceptors (Lipinski definition) is 2. The summed E-state index contributed by atoms with van der Waals surface area (Å²) in [6, 6.07) is 0. The van der Waals surface area contributed by atoms with E-state index in [2.05, 4.69) is 0 Å². The number of fused-ring (bicyclic) bond motifs is 1. The van der Waals surface area contributed by atoms with Gasteiger partial charge in [-0.2, -0.15) is 0 Å². The molecule has 2 unspecified atom stereocenters. The maximum atomic E-state index is 12.3. The van der Waals surface area contributed by atoms with Crippen LogP contribution in [-0.4, -0.2) is 22.3 Å². The van der Waals surface area contributed by atoms with Crippen LogP contribution in [0.5, 0.6) is 0 Å². The molecule has 0 aromatic carbocycles. The van der Waals surface area contributed by atoms with Gasteiger partial charge >= 0.3 is 0 Å². The summed E-state index contributed by atoms with van der Waals surface area (Å²) in [5, 5.41) is 0. The first-order valence-corrected chi connectivity index (χ1v) is 6.37. The fraction of sp³-hybridized carbons (Fsp3) is 0.846. The van der Waals surface area contributed by atoms with Gasteiger partial charge in [-0.3, -0.25) is 14.5 Å². The number of hydrogen-bond donors (Lipinski definition) is 0. The molecule has 2 amide bonds. The van der Waals surface area contributed by atoms with Crippen LogP contribution in [0.25, 0.3) is 0 Å². The molecule has 1 aliphatic heterocycles. The molecule has 2 atom stereocenters. The van der Waals surface area contributed by atoms with Crippen LogP contribution in [0.3, 0.4) is 0 Å². The molecule has 2 fully saturated rings. The Hall–Kier alpha value is -0.860. The van der Waals surface area contributed by atoms with E-state index in [0.29, 0.717) is 0 Å². The maximum Gasteiger partial charge on any atom is 0.233 e. The minimum atomic E-state index is -0.314. The van der Waals surface area contributed by atoms with Crippen molar-refractivity contribution in [3.05, 3.63) is 0 Å². The van der Waals surface area contributed by atoms with Crippen LogP contribution in [0, 0.1) is 11.8 Å². The zero-order valence-electron chi connectivity index (χ0n) is 10.5. The summed E-state index contributed by atoms with van der Waals surface area (Å²) >= 11 is 0. The molecule has 16 heavy (non-hydrogen) atoms. The highest BCUT2D eigenvalue weighted by molar-refractivity contribution is 6.05. The number of carbonyl (C=O) groups is 2. The molecule has 0 radical (unpaired) electrons. The van der Waals surface area contributed by atoms with Crippen molar-refractivity contribution in [3.63, 3.8) is 0 Å². The van der Waals surface area contributed by atoms with Crippen LogP contribution in [0.1, 0.15) is 52.9 Å². The van der Waals surface area contributed by atoms with Crippen LogP contribution in [0.2, 0.25) is 0 Å². The molecular formula is C13H21NO2. The molecule has 1 saturated heterocycles. The molecule has 2 rings (SSSR count). The fourth-order valence-electron chi connectivity index (χ4n) is 2.92. The van der Waals surface area contributed by atoms with Crippen molar-refractivity contribution in [3.8, 4) is 0 Å². The van der Waals surface area contributed by atoms with Crippen LogP contribution in [-0.2, 0) is 9.59 Å². The highest BCUT2D eigenvalue weighted by Gasteiger charge is 2.52. The molecule has 0 aromatic heterocycles. The number of likely N-dealkylation sites (tertiary alicyclic amines) is 1. The second-order valence-electron chi connectivity index (χ2n) is 5.68. The number of amides is 2. The van der Waals surface area contributed by atoms with Crippen molar-refractivity contribution in [2.24, 2.45) is 11.8 Å². The van der Waals surface area contributed by atoms with E-state index in [1.165, 1.54) is 0 Å². The summed E-state index contributed by atoms with van der Waals surface area (Å²) in [7, 11) is 0. The largest absolute Gasteiger partial charge is 0.276 e. The second kappa shape index (κ2) is 3.86. The third-order valence-corrected chi connectivity index (χ3v) is 4.31. The Labute approximate surface area is 97.2 Å². The second-order valence-corrected chi connectivity index (χ2v) is 5.68. The number of rotatable bonds is 2. The van der Waals surface area contributed by atoms with E-state index in [-0.39, 0.29) is 29.2 Å². The summed E-state index contributed by atoms with van der Waals surface area (Å²) in [6.07, 6.45) is 4.84. The van der Waals surface area contributed by atoms with Gasteiger partial charge in [0.15, 0.2) is 0 Å². The normalized spacial score (nSPS) is 30.8. The number of nitrogens with zero attached hydrogens (tertiary/aromatic N) is 1. The Balaban J connectivity index is 2.28. The van der Waals surface area contributed by atoms with E-state index in [4.69, 9.17) is 0 Å². The van der Waals surface area contributed by atoms with Gasteiger partial charge in [-0.15, -0.1) is 0 Å². The summed E-state index contributed by atoms with van der Waals surface area (Å²) in [5.41, 5.74) is -0.314.